The van der Waals surface area contributed by atoms with E-state index in [1.54, 1.807) is 0 Å². The van der Waals surface area contributed by atoms with Crippen LogP contribution in [0.15, 0.2) is 0 Å². The van der Waals surface area contributed by atoms with E-state index in [-0.39, 0.29) is 79.5 Å². The normalized spacial score (nSPS) is 7.45. The van der Waals surface area contributed by atoms with E-state index in [2.05, 4.69) is 0 Å². The molecule has 0 spiro atoms. The van der Waals surface area contributed by atoms with E-state index < -0.39 is 16.6 Å². The van der Waals surface area contributed by atoms with Crippen LogP contribution in [-0.4, -0.2) is 71.6 Å². The summed E-state index contributed by atoms with van der Waals surface area (Å²) >= 11 is 0. The van der Waals surface area contributed by atoms with Gasteiger partial charge in [0.15, 0.2) is 0 Å². The van der Waals surface area contributed by atoms with Gasteiger partial charge >= 0.3 is 54.3 Å². The van der Waals surface area contributed by atoms with Gasteiger partial charge in [-0.2, -0.15) is 8.42 Å². The summed E-state index contributed by atoms with van der Waals surface area (Å²) in [4.78, 5) is 8.56. The average Bonchev–Trinajstić information content (AvgIpc) is 1.19. The monoisotopic (exact) mass is 342 g/mol. The Kier molecular flexibility index (Phi) is 24.6. The van der Waals surface area contributed by atoms with Crippen LogP contribution >= 0.6 is 0 Å². The predicted octanol–water partition coefficient (Wildman–Crippen LogP) is -1.35. The zero-order valence-electron chi connectivity index (χ0n) is 4.42. The van der Waals surface area contributed by atoms with Crippen LogP contribution in [0.5, 0.6) is 0 Å². The molecule has 0 aromatic rings. The van der Waals surface area contributed by atoms with Gasteiger partial charge in [-0.3, -0.25) is 9.11 Å². The van der Waals surface area contributed by atoms with Gasteiger partial charge in [0, 0.05) is 41.7 Å². The number of rotatable bonds is 0. The minimum atomic E-state index is -4.67. The average molecular weight is 342 g/mol. The van der Waals surface area contributed by atoms with Gasteiger partial charge in [0.2, 0.25) is 0 Å². The first-order valence-corrected chi connectivity index (χ1v) is 2.75. The summed E-state index contributed by atoms with van der Waals surface area (Å²) in [5.74, 6) is 0. The fourth-order valence-electron chi connectivity index (χ4n) is 0. The first-order valence-electron chi connectivity index (χ1n) is 1.35. The summed E-state index contributed by atoms with van der Waals surface area (Å²) in [6.07, 6.45) is -1.83. The van der Waals surface area contributed by atoms with Crippen molar-refractivity contribution in [2.45, 2.75) is 0 Å². The van der Waals surface area contributed by atoms with Crippen LogP contribution < -0.4 is 0 Å². The summed E-state index contributed by atoms with van der Waals surface area (Å²) in [5, 5.41) is 13.9. The summed E-state index contributed by atoms with van der Waals surface area (Å²) < 4.78 is 31.6. The molecular weight excluding hydrogens is 336 g/mol. The number of hydrogen-bond donors (Lipinski definition) is 4. The number of carbonyl (C=O) groups is 1. The van der Waals surface area contributed by atoms with Gasteiger partial charge < -0.3 is 10.2 Å². The van der Waals surface area contributed by atoms with Crippen LogP contribution in [0.3, 0.4) is 0 Å². The Bertz CT molecular complexity index is 161. The van der Waals surface area contributed by atoms with Crippen LogP contribution in [0.1, 0.15) is 0 Å². The maximum Gasteiger partial charge on any atom is 0 e. The Labute approximate surface area is 126 Å². The second-order valence-electron chi connectivity index (χ2n) is 0.730. The van der Waals surface area contributed by atoms with Gasteiger partial charge in [0.1, 0.15) is 0 Å². The molecule has 64 valence electrons. The van der Waals surface area contributed by atoms with E-state index in [0.29, 0.717) is 0 Å². The number of carboxylic acid groups (broad SMARTS) is 2. The molecular formula is CH6CaCeO7S. The molecule has 0 saturated heterocycles. The van der Waals surface area contributed by atoms with Crippen LogP contribution in [0.4, 0.5) is 4.79 Å². The number of hydrogen-bond acceptors (Lipinski definition) is 3. The van der Waals surface area contributed by atoms with Crippen molar-refractivity contribution in [3.63, 3.8) is 0 Å². The molecule has 0 aliphatic heterocycles. The van der Waals surface area contributed by atoms with Gasteiger partial charge in [-0.05, 0) is 0 Å². The van der Waals surface area contributed by atoms with E-state index in [9.17, 15) is 0 Å². The van der Waals surface area contributed by atoms with Crippen molar-refractivity contribution >= 4 is 54.3 Å². The fraction of sp³-hybridized carbons (Fsp3) is 0. The Morgan fingerprint density at radius 1 is 1.09 bits per heavy atom. The summed E-state index contributed by atoms with van der Waals surface area (Å²) in [6.45, 7) is 0. The molecule has 0 saturated carbocycles. The molecule has 0 radical (unpaired) electrons. The Morgan fingerprint density at radius 2 is 1.09 bits per heavy atom. The molecule has 0 rings (SSSR count). The van der Waals surface area contributed by atoms with Crippen molar-refractivity contribution in [3.8, 4) is 0 Å². The quantitative estimate of drug-likeness (QED) is 0.316. The topological polar surface area (TPSA) is 132 Å². The Morgan fingerprint density at radius 3 is 1.09 bits per heavy atom. The minimum Gasteiger partial charge on any atom is 0 e. The Hall–Kier alpha value is 1.78. The van der Waals surface area contributed by atoms with Crippen LogP contribution in [0.25, 0.3) is 0 Å². The standard InChI is InChI=1S/CH2O3.Ca.Ce.H2O4S.2H/c2-1(3)4;;;1-5(2,3)4;;/h(H2,2,3,4);;;(H2,1,2,3,4);;. The van der Waals surface area contributed by atoms with Gasteiger partial charge in [0.25, 0.3) is 0 Å². The first kappa shape index (κ1) is 23.0. The molecule has 0 atom stereocenters. The van der Waals surface area contributed by atoms with E-state index in [1.165, 1.54) is 0 Å². The van der Waals surface area contributed by atoms with Gasteiger partial charge in [0.05, 0.1) is 0 Å². The van der Waals surface area contributed by atoms with Gasteiger partial charge in [-0.1, -0.05) is 0 Å². The molecule has 0 fully saturated rings. The van der Waals surface area contributed by atoms with Gasteiger partial charge in [-0.15, -0.1) is 0 Å². The summed E-state index contributed by atoms with van der Waals surface area (Å²) in [7, 11) is -4.67. The third kappa shape index (κ3) is 357. The van der Waals surface area contributed by atoms with Crippen molar-refractivity contribution < 1.29 is 74.3 Å². The van der Waals surface area contributed by atoms with E-state index >= 15 is 0 Å². The summed E-state index contributed by atoms with van der Waals surface area (Å²) in [6, 6.07) is 0. The maximum absolute atomic E-state index is 8.74. The van der Waals surface area contributed by atoms with Crippen molar-refractivity contribution in [2.75, 3.05) is 0 Å². The van der Waals surface area contributed by atoms with Gasteiger partial charge in [-0.25, -0.2) is 4.79 Å². The largest absolute Gasteiger partial charge is 0 e. The third-order valence-corrected chi connectivity index (χ3v) is 0. The van der Waals surface area contributed by atoms with Crippen molar-refractivity contribution in [2.24, 2.45) is 0 Å². The first-order chi connectivity index (χ1) is 3.73. The fourth-order valence-corrected chi connectivity index (χ4v) is 0. The SMILES string of the molecule is O=C(O)O.O=S(=O)(O)O.[CaH2].[Ce]. The van der Waals surface area contributed by atoms with E-state index in [0.717, 1.165) is 0 Å². The van der Waals surface area contributed by atoms with Crippen molar-refractivity contribution in [1.29, 1.82) is 0 Å². The molecule has 0 amide bonds. The Balaban J connectivity index is -0.0000000383. The zero-order chi connectivity index (χ0) is 8.08. The van der Waals surface area contributed by atoms with Crippen molar-refractivity contribution in [1.82, 2.24) is 0 Å². The molecule has 0 aromatic heterocycles. The molecule has 4 N–H and O–H groups in total. The van der Waals surface area contributed by atoms with Crippen molar-refractivity contribution in [3.05, 3.63) is 0 Å². The molecule has 0 unspecified atom stereocenters. The maximum atomic E-state index is 8.74. The molecule has 0 aliphatic carbocycles. The van der Waals surface area contributed by atoms with Crippen LogP contribution in [0.2, 0.25) is 0 Å². The molecule has 11 heavy (non-hydrogen) atoms. The van der Waals surface area contributed by atoms with E-state index in [4.69, 9.17) is 32.5 Å². The molecule has 0 heterocycles. The minimum absolute atomic E-state index is 0. The molecule has 7 nitrogen and oxygen atoms in total. The second-order valence-corrected chi connectivity index (χ2v) is 1.63. The van der Waals surface area contributed by atoms with Crippen LogP contribution in [0, 0.1) is 41.7 Å². The third-order valence-electron chi connectivity index (χ3n) is 0. The smallest absolute Gasteiger partial charge is 0 e. The second kappa shape index (κ2) is 11.8. The zero-order valence-corrected chi connectivity index (χ0v) is 8.38. The molecule has 0 aromatic carbocycles. The van der Waals surface area contributed by atoms with Crippen LogP contribution in [-0.2, 0) is 10.4 Å². The molecule has 0 aliphatic rings. The predicted molar refractivity (Wildman–Crippen MR) is 33.4 cm³/mol. The molecule has 10 heteroatoms. The molecule has 0 bridgehead atoms. The van der Waals surface area contributed by atoms with E-state index in [1.807, 2.05) is 0 Å². The summed E-state index contributed by atoms with van der Waals surface area (Å²) in [5.41, 5.74) is 0.